The lowest BCUT2D eigenvalue weighted by molar-refractivity contribution is 0.394. The first-order valence-corrected chi connectivity index (χ1v) is 11.6. The third-order valence-corrected chi connectivity index (χ3v) is 6.00. The highest BCUT2D eigenvalue weighted by Gasteiger charge is 2.08. The highest BCUT2D eigenvalue weighted by atomic mass is 32.2. The molecule has 0 unspecified atom stereocenters. The lowest BCUT2D eigenvalue weighted by atomic mass is 10.1. The molecule has 4 aromatic rings. The third-order valence-electron chi connectivity index (χ3n) is 4.87. The molecule has 0 amide bonds. The number of ether oxygens (including phenoxy) is 1. The van der Waals surface area contributed by atoms with Crippen LogP contribution in [0.15, 0.2) is 66.0 Å². The van der Waals surface area contributed by atoms with Crippen LogP contribution in [0.2, 0.25) is 0 Å². The maximum atomic E-state index is 11.6. The molecule has 3 aromatic heterocycles. The monoisotopic (exact) mass is 444 g/mol. The molecule has 3 heterocycles. The van der Waals surface area contributed by atoms with Crippen LogP contribution >= 0.6 is 0 Å². The SMILES string of the molecule is COc1nccc(C#Cc2nccc3cnc(Nc4ccc(S(C)(=O)=O)cc4)cc23)c1C. The average molecular weight is 445 g/mol. The van der Waals surface area contributed by atoms with Gasteiger partial charge in [-0.15, -0.1) is 0 Å². The Labute approximate surface area is 186 Å². The molecule has 7 nitrogen and oxygen atoms in total. The molecule has 160 valence electrons. The summed E-state index contributed by atoms with van der Waals surface area (Å²) in [6.07, 6.45) is 6.29. The van der Waals surface area contributed by atoms with Crippen molar-refractivity contribution in [3.05, 3.63) is 77.9 Å². The minimum absolute atomic E-state index is 0.263. The van der Waals surface area contributed by atoms with Crippen LogP contribution in [-0.4, -0.2) is 36.7 Å². The minimum Gasteiger partial charge on any atom is -0.481 e. The van der Waals surface area contributed by atoms with Gasteiger partial charge in [0.25, 0.3) is 0 Å². The van der Waals surface area contributed by atoms with E-state index < -0.39 is 9.84 Å². The number of methoxy groups -OCH3 is 1. The Bertz CT molecular complexity index is 1470. The summed E-state index contributed by atoms with van der Waals surface area (Å²) in [6.45, 7) is 1.91. The Kier molecular flexibility index (Phi) is 5.75. The second kappa shape index (κ2) is 8.65. The largest absolute Gasteiger partial charge is 0.481 e. The summed E-state index contributed by atoms with van der Waals surface area (Å²) >= 11 is 0. The highest BCUT2D eigenvalue weighted by molar-refractivity contribution is 7.90. The summed E-state index contributed by atoms with van der Waals surface area (Å²) in [5.41, 5.74) is 3.02. The molecule has 0 atom stereocenters. The molecule has 8 heteroatoms. The molecule has 0 aliphatic carbocycles. The predicted octanol–water partition coefficient (Wildman–Crippen LogP) is 3.89. The number of aromatic nitrogens is 3. The number of nitrogens with one attached hydrogen (secondary N) is 1. The Morgan fingerprint density at radius 1 is 0.969 bits per heavy atom. The summed E-state index contributed by atoms with van der Waals surface area (Å²) in [6, 6.07) is 12.1. The molecule has 0 saturated carbocycles. The second-order valence-electron chi connectivity index (χ2n) is 7.11. The van der Waals surface area contributed by atoms with Gasteiger partial charge in [-0.25, -0.2) is 23.4 Å². The molecule has 0 aliphatic heterocycles. The van der Waals surface area contributed by atoms with Crippen molar-refractivity contribution < 1.29 is 13.2 Å². The van der Waals surface area contributed by atoms with E-state index in [9.17, 15) is 8.42 Å². The number of nitrogens with zero attached hydrogens (tertiary/aromatic N) is 3. The van der Waals surface area contributed by atoms with Crippen LogP contribution < -0.4 is 10.1 Å². The van der Waals surface area contributed by atoms with E-state index in [-0.39, 0.29) is 4.90 Å². The maximum absolute atomic E-state index is 11.6. The van der Waals surface area contributed by atoms with Crippen LogP contribution in [0.4, 0.5) is 11.5 Å². The number of anilines is 2. The van der Waals surface area contributed by atoms with Gasteiger partial charge in [0.2, 0.25) is 5.88 Å². The van der Waals surface area contributed by atoms with Gasteiger partial charge < -0.3 is 10.1 Å². The van der Waals surface area contributed by atoms with Gasteiger partial charge in [-0.1, -0.05) is 5.92 Å². The van der Waals surface area contributed by atoms with E-state index in [2.05, 4.69) is 32.1 Å². The molecular weight excluding hydrogens is 424 g/mol. The number of rotatable bonds is 4. The van der Waals surface area contributed by atoms with Crippen molar-refractivity contribution in [3.8, 4) is 17.7 Å². The number of fused-ring (bicyclic) bond motifs is 1. The Balaban J connectivity index is 1.68. The lowest BCUT2D eigenvalue weighted by Crippen LogP contribution is -1.98. The first-order valence-electron chi connectivity index (χ1n) is 9.68. The second-order valence-corrected chi connectivity index (χ2v) is 9.13. The van der Waals surface area contributed by atoms with Crippen LogP contribution in [0.1, 0.15) is 16.8 Å². The van der Waals surface area contributed by atoms with Crippen molar-refractivity contribution in [2.24, 2.45) is 0 Å². The minimum atomic E-state index is -3.24. The fourth-order valence-electron chi connectivity index (χ4n) is 3.15. The molecule has 0 fully saturated rings. The Hall–Kier alpha value is -3.96. The summed E-state index contributed by atoms with van der Waals surface area (Å²) in [7, 11) is -1.66. The fourth-order valence-corrected chi connectivity index (χ4v) is 3.78. The molecule has 0 radical (unpaired) electrons. The van der Waals surface area contributed by atoms with Crippen molar-refractivity contribution >= 4 is 32.1 Å². The van der Waals surface area contributed by atoms with E-state index in [0.29, 0.717) is 17.4 Å². The number of hydrogen-bond donors (Lipinski definition) is 1. The molecule has 1 aromatic carbocycles. The number of sulfone groups is 1. The first-order chi connectivity index (χ1) is 15.3. The van der Waals surface area contributed by atoms with Crippen LogP contribution in [0.3, 0.4) is 0 Å². The zero-order valence-electron chi connectivity index (χ0n) is 17.7. The zero-order valence-corrected chi connectivity index (χ0v) is 18.6. The van der Waals surface area contributed by atoms with Crippen LogP contribution in [0, 0.1) is 18.8 Å². The summed E-state index contributed by atoms with van der Waals surface area (Å²) in [5.74, 6) is 7.44. The van der Waals surface area contributed by atoms with E-state index in [1.165, 1.54) is 6.26 Å². The van der Waals surface area contributed by atoms with Crippen LogP contribution in [-0.2, 0) is 9.84 Å². The van der Waals surface area contributed by atoms with E-state index in [1.807, 2.05) is 25.1 Å². The van der Waals surface area contributed by atoms with Crippen molar-refractivity contribution in [2.75, 3.05) is 18.7 Å². The van der Waals surface area contributed by atoms with Crippen molar-refractivity contribution in [2.45, 2.75) is 11.8 Å². The average Bonchev–Trinajstić information content (AvgIpc) is 2.78. The first kappa shape index (κ1) is 21.3. The number of benzene rings is 1. The Morgan fingerprint density at radius 2 is 1.72 bits per heavy atom. The summed E-state index contributed by atoms with van der Waals surface area (Å²) < 4.78 is 28.6. The van der Waals surface area contributed by atoms with Gasteiger partial charge in [-0.3, -0.25) is 0 Å². The van der Waals surface area contributed by atoms with E-state index in [4.69, 9.17) is 4.74 Å². The van der Waals surface area contributed by atoms with Gasteiger partial charge in [0.15, 0.2) is 9.84 Å². The van der Waals surface area contributed by atoms with Gasteiger partial charge in [0, 0.05) is 52.4 Å². The van der Waals surface area contributed by atoms with Crippen LogP contribution in [0.25, 0.3) is 10.8 Å². The number of pyridine rings is 3. The summed E-state index contributed by atoms with van der Waals surface area (Å²) in [4.78, 5) is 13.3. The van der Waals surface area contributed by atoms with Gasteiger partial charge >= 0.3 is 0 Å². The highest BCUT2D eigenvalue weighted by Crippen LogP contribution is 2.23. The Morgan fingerprint density at radius 3 is 2.44 bits per heavy atom. The van der Waals surface area contributed by atoms with Crippen molar-refractivity contribution in [1.29, 1.82) is 0 Å². The molecule has 0 bridgehead atoms. The lowest BCUT2D eigenvalue weighted by Gasteiger charge is -2.08. The van der Waals surface area contributed by atoms with Gasteiger partial charge in [0.1, 0.15) is 11.5 Å². The maximum Gasteiger partial charge on any atom is 0.217 e. The van der Waals surface area contributed by atoms with Gasteiger partial charge in [-0.2, -0.15) is 0 Å². The molecule has 0 aliphatic rings. The third kappa shape index (κ3) is 4.53. The van der Waals surface area contributed by atoms with Crippen LogP contribution in [0.5, 0.6) is 5.88 Å². The fraction of sp³-hybridized carbons (Fsp3) is 0.125. The molecule has 4 rings (SSSR count). The van der Waals surface area contributed by atoms with Gasteiger partial charge in [0.05, 0.1) is 12.0 Å². The van der Waals surface area contributed by atoms with E-state index in [1.54, 1.807) is 50.0 Å². The predicted molar refractivity (Wildman–Crippen MR) is 124 cm³/mol. The quantitative estimate of drug-likeness (QED) is 0.477. The zero-order chi connectivity index (χ0) is 22.7. The van der Waals surface area contributed by atoms with Crippen molar-refractivity contribution in [3.63, 3.8) is 0 Å². The van der Waals surface area contributed by atoms with E-state index >= 15 is 0 Å². The molecule has 0 spiro atoms. The molecule has 32 heavy (non-hydrogen) atoms. The molecular formula is C24H20N4O3S. The topological polar surface area (TPSA) is 94.1 Å². The smallest absolute Gasteiger partial charge is 0.217 e. The number of hydrogen-bond acceptors (Lipinski definition) is 7. The van der Waals surface area contributed by atoms with Crippen molar-refractivity contribution in [1.82, 2.24) is 15.0 Å². The molecule has 0 saturated heterocycles. The normalized spacial score (nSPS) is 11.0. The van der Waals surface area contributed by atoms with E-state index in [0.717, 1.165) is 27.6 Å². The summed E-state index contributed by atoms with van der Waals surface area (Å²) in [5, 5.41) is 4.95. The standard InChI is InChI=1S/C24H20N4O3S/c1-16-17(10-13-26-24(16)31-2)4-9-22-21-14-23(27-15-18(21)11-12-25-22)28-19-5-7-20(8-6-19)32(3,29)30/h5-8,10-15H,1-3H3,(H,27,28). The van der Waals surface area contributed by atoms with Gasteiger partial charge in [-0.05, 0) is 55.3 Å². The molecule has 1 N–H and O–H groups in total.